The van der Waals surface area contributed by atoms with Crippen molar-refractivity contribution in [2.24, 2.45) is 28.3 Å². The van der Waals surface area contributed by atoms with E-state index in [0.717, 1.165) is 0 Å². The maximum Gasteiger partial charge on any atom is 0.0900 e. The van der Waals surface area contributed by atoms with E-state index in [4.69, 9.17) is 41.9 Å². The number of ether oxygens (including phenoxy) is 4. The maximum atomic E-state index is 10.8. The third kappa shape index (κ3) is 27.4. The standard InChI is InChI=1S/C33H76N8O12/c34-1-5-38(9-13-42)17-29(46)21-50-25-33(26-51-22-30(47)18-39(6-2-35)10-14-43,27-52-23-31(48)19-40(7-3-36)11-15-44)28-53-24-32(49)20-41(8-4-37)12-16-45/h29-32,42-49H,1-28,34-37H2. The van der Waals surface area contributed by atoms with Gasteiger partial charge in [-0.2, -0.15) is 0 Å². The highest BCUT2D eigenvalue weighted by Crippen LogP contribution is 2.22. The Hall–Kier alpha value is -0.800. The molecule has 0 aromatic carbocycles. The first-order chi connectivity index (χ1) is 25.5. The molecule has 0 aromatic rings. The summed E-state index contributed by atoms with van der Waals surface area (Å²) in [6.45, 7) is 4.67. The smallest absolute Gasteiger partial charge is 0.0900 e. The molecule has 20 heteroatoms. The number of hydrogen-bond acceptors (Lipinski definition) is 20. The Bertz CT molecular complexity index is 657. The van der Waals surface area contributed by atoms with Crippen molar-refractivity contribution in [1.82, 2.24) is 19.6 Å². The molecule has 0 aliphatic rings. The van der Waals surface area contributed by atoms with E-state index in [-0.39, 0.29) is 105 Å². The lowest BCUT2D eigenvalue weighted by atomic mass is 9.92. The van der Waals surface area contributed by atoms with E-state index in [1.165, 1.54) is 0 Å². The summed E-state index contributed by atoms with van der Waals surface area (Å²) in [5, 5.41) is 80.5. The molecule has 0 spiro atoms. The molecule has 0 fully saturated rings. The number of aliphatic hydroxyl groups excluding tert-OH is 8. The second-order valence-electron chi connectivity index (χ2n) is 13.4. The van der Waals surface area contributed by atoms with Gasteiger partial charge in [-0.15, -0.1) is 0 Å². The van der Waals surface area contributed by atoms with Gasteiger partial charge in [-0.05, 0) is 0 Å². The van der Waals surface area contributed by atoms with Crippen LogP contribution in [0.25, 0.3) is 0 Å². The average Bonchev–Trinajstić information content (AvgIpc) is 3.09. The van der Waals surface area contributed by atoms with E-state index < -0.39 is 29.8 Å². The Kier molecular flexibility index (Phi) is 33.9. The van der Waals surface area contributed by atoms with Crippen molar-refractivity contribution in [2.75, 3.05) is 184 Å². The van der Waals surface area contributed by atoms with E-state index in [1.807, 2.05) is 19.6 Å². The molecule has 0 aliphatic carbocycles. The monoisotopic (exact) mass is 777 g/mol. The molecule has 0 aliphatic heterocycles. The molecule has 0 rings (SSSR count). The lowest BCUT2D eigenvalue weighted by Gasteiger charge is -2.35. The number of hydrogen-bond donors (Lipinski definition) is 12. The summed E-state index contributed by atoms with van der Waals surface area (Å²) in [4.78, 5) is 7.28. The van der Waals surface area contributed by atoms with Crippen LogP contribution in [0.3, 0.4) is 0 Å². The van der Waals surface area contributed by atoms with Gasteiger partial charge in [0.05, 0.1) is 109 Å². The molecule has 20 nitrogen and oxygen atoms in total. The third-order valence-corrected chi connectivity index (χ3v) is 8.20. The zero-order valence-electron chi connectivity index (χ0n) is 31.9. The van der Waals surface area contributed by atoms with Crippen molar-refractivity contribution in [3.8, 4) is 0 Å². The molecule has 0 radical (unpaired) electrons. The minimum Gasteiger partial charge on any atom is -0.395 e. The summed E-state index contributed by atoms with van der Waals surface area (Å²) in [6.07, 6.45) is -3.67. The first-order valence-corrected chi connectivity index (χ1v) is 18.7. The van der Waals surface area contributed by atoms with Gasteiger partial charge in [-0.25, -0.2) is 0 Å². The van der Waals surface area contributed by atoms with Crippen molar-refractivity contribution in [2.45, 2.75) is 24.4 Å². The molecule has 0 aromatic heterocycles. The first-order valence-electron chi connectivity index (χ1n) is 18.7. The molecule has 4 atom stereocenters. The zero-order valence-corrected chi connectivity index (χ0v) is 31.9. The van der Waals surface area contributed by atoms with Gasteiger partial charge in [0.15, 0.2) is 0 Å². The van der Waals surface area contributed by atoms with Gasteiger partial charge in [-0.3, -0.25) is 19.6 Å². The van der Waals surface area contributed by atoms with Crippen molar-refractivity contribution >= 4 is 0 Å². The van der Waals surface area contributed by atoms with Crippen LogP contribution < -0.4 is 22.9 Å². The van der Waals surface area contributed by atoms with Gasteiger partial charge in [0.25, 0.3) is 0 Å². The summed E-state index contributed by atoms with van der Waals surface area (Å²) >= 11 is 0. The van der Waals surface area contributed by atoms with Gasteiger partial charge in [0.2, 0.25) is 0 Å². The van der Waals surface area contributed by atoms with Crippen LogP contribution in [-0.4, -0.2) is 269 Å². The first kappa shape index (κ1) is 52.2. The van der Waals surface area contributed by atoms with Crippen molar-refractivity contribution in [1.29, 1.82) is 0 Å². The van der Waals surface area contributed by atoms with Gasteiger partial charge in [-0.1, -0.05) is 0 Å². The molecular weight excluding hydrogens is 700 g/mol. The third-order valence-electron chi connectivity index (χ3n) is 8.20. The lowest BCUT2D eigenvalue weighted by Crippen LogP contribution is -2.46. The van der Waals surface area contributed by atoms with Crippen LogP contribution in [0.5, 0.6) is 0 Å². The van der Waals surface area contributed by atoms with Crippen LogP contribution in [0.1, 0.15) is 0 Å². The van der Waals surface area contributed by atoms with Gasteiger partial charge < -0.3 is 82.7 Å². The van der Waals surface area contributed by atoms with E-state index >= 15 is 0 Å². The van der Waals surface area contributed by atoms with Gasteiger partial charge >= 0.3 is 0 Å². The number of aliphatic hydroxyl groups is 8. The molecule has 0 heterocycles. The van der Waals surface area contributed by atoms with Crippen LogP contribution in [-0.2, 0) is 18.9 Å². The highest BCUT2D eigenvalue weighted by atomic mass is 16.5. The normalized spacial score (nSPS) is 15.8. The molecule has 0 saturated heterocycles. The molecule has 16 N–H and O–H groups in total. The fraction of sp³-hybridized carbons (Fsp3) is 1.00. The van der Waals surface area contributed by atoms with E-state index in [9.17, 15) is 40.9 Å². The predicted molar refractivity (Wildman–Crippen MR) is 200 cm³/mol. The summed E-state index contributed by atoms with van der Waals surface area (Å²) in [6, 6.07) is 0. The summed E-state index contributed by atoms with van der Waals surface area (Å²) in [5.41, 5.74) is 21.7. The molecule has 0 amide bonds. The summed E-state index contributed by atoms with van der Waals surface area (Å²) in [5.74, 6) is 0. The topological polar surface area (TPSA) is 316 Å². The molecule has 4 unspecified atom stereocenters. The quantitative estimate of drug-likeness (QED) is 0.0275. The second-order valence-corrected chi connectivity index (χ2v) is 13.4. The van der Waals surface area contributed by atoms with E-state index in [1.54, 1.807) is 0 Å². The minimum atomic E-state index is -1.05. The zero-order chi connectivity index (χ0) is 39.7. The molecule has 0 saturated carbocycles. The predicted octanol–water partition coefficient (Wildman–Crippen LogP) is -7.51. The van der Waals surface area contributed by atoms with Crippen LogP contribution in [0.15, 0.2) is 0 Å². The largest absolute Gasteiger partial charge is 0.395 e. The van der Waals surface area contributed by atoms with Crippen LogP contribution in [0.2, 0.25) is 0 Å². The fourth-order valence-electron chi connectivity index (χ4n) is 5.77. The second kappa shape index (κ2) is 34.4. The Labute approximate surface area is 316 Å². The highest BCUT2D eigenvalue weighted by Gasteiger charge is 2.34. The van der Waals surface area contributed by atoms with Crippen molar-refractivity contribution < 1.29 is 59.8 Å². The number of rotatable bonds is 40. The SMILES string of the molecule is NCCN(CCO)CC(O)COCC(COCC(O)CN(CCN)CCO)(COCC(O)CN(CCN)CCO)COCC(O)CN(CCN)CCO. The minimum absolute atomic E-state index is 0.0410. The van der Waals surface area contributed by atoms with E-state index in [2.05, 4.69) is 0 Å². The van der Waals surface area contributed by atoms with Gasteiger partial charge in [0, 0.05) is 105 Å². The maximum absolute atomic E-state index is 10.8. The molecular formula is C33H76N8O12. The summed E-state index contributed by atoms with van der Waals surface area (Å²) < 4.78 is 24.1. The average molecular weight is 777 g/mol. The van der Waals surface area contributed by atoms with Crippen LogP contribution in [0.4, 0.5) is 0 Å². The van der Waals surface area contributed by atoms with Crippen molar-refractivity contribution in [3.05, 3.63) is 0 Å². The Morgan fingerprint density at radius 1 is 0.377 bits per heavy atom. The van der Waals surface area contributed by atoms with E-state index in [0.29, 0.717) is 78.5 Å². The van der Waals surface area contributed by atoms with Crippen LogP contribution in [0, 0.1) is 5.41 Å². The Balaban J connectivity index is 5.99. The fourth-order valence-corrected chi connectivity index (χ4v) is 5.77. The van der Waals surface area contributed by atoms with Crippen molar-refractivity contribution in [3.63, 3.8) is 0 Å². The Morgan fingerprint density at radius 2 is 0.585 bits per heavy atom. The highest BCUT2D eigenvalue weighted by molar-refractivity contribution is 4.81. The summed E-state index contributed by atoms with van der Waals surface area (Å²) in [7, 11) is 0. The molecule has 0 bridgehead atoms. The van der Waals surface area contributed by atoms with Crippen LogP contribution >= 0.6 is 0 Å². The molecule has 320 valence electrons. The van der Waals surface area contributed by atoms with Gasteiger partial charge in [0.1, 0.15) is 0 Å². The number of nitrogens with zero attached hydrogens (tertiary/aromatic N) is 4. The molecule has 53 heavy (non-hydrogen) atoms. The lowest BCUT2D eigenvalue weighted by molar-refractivity contribution is -0.134. The number of nitrogens with two attached hydrogens (primary N) is 4. The Morgan fingerprint density at radius 3 is 0.755 bits per heavy atom.